The van der Waals surface area contributed by atoms with Crippen LogP contribution in [0, 0.1) is 0 Å². The molecule has 36 heavy (non-hydrogen) atoms. The molecule has 0 spiro atoms. The number of carbonyl (C=O) groups is 3. The SMILES string of the molecule is C=C(CN1Cc2c(cccc2-c2nc(C(=O)N(C)C(C)C3Cc4ccccc4O3)cs2)C1=O)C(N)=O. The summed E-state index contributed by atoms with van der Waals surface area (Å²) in [5.74, 6) is -0.139. The molecule has 0 saturated carbocycles. The van der Waals surface area contributed by atoms with Gasteiger partial charge in [0.25, 0.3) is 11.8 Å². The van der Waals surface area contributed by atoms with Crippen molar-refractivity contribution >= 4 is 29.1 Å². The number of fused-ring (bicyclic) bond motifs is 2. The molecule has 9 heteroatoms. The first-order valence-electron chi connectivity index (χ1n) is 11.6. The van der Waals surface area contributed by atoms with Gasteiger partial charge in [0.15, 0.2) is 0 Å². The third kappa shape index (κ3) is 4.15. The molecule has 0 aliphatic carbocycles. The van der Waals surface area contributed by atoms with E-state index in [0.29, 0.717) is 22.8 Å². The van der Waals surface area contributed by atoms with Crippen LogP contribution in [0.4, 0.5) is 0 Å². The van der Waals surface area contributed by atoms with Gasteiger partial charge in [-0.25, -0.2) is 4.98 Å². The molecule has 0 fully saturated rings. The van der Waals surface area contributed by atoms with Gasteiger partial charge >= 0.3 is 0 Å². The van der Waals surface area contributed by atoms with Gasteiger partial charge < -0.3 is 20.3 Å². The smallest absolute Gasteiger partial charge is 0.273 e. The van der Waals surface area contributed by atoms with Crippen LogP contribution in [0.5, 0.6) is 5.75 Å². The summed E-state index contributed by atoms with van der Waals surface area (Å²) in [5.41, 5.74) is 9.12. The van der Waals surface area contributed by atoms with Gasteiger partial charge in [0, 0.05) is 42.1 Å². The Labute approximate surface area is 213 Å². The number of para-hydroxylation sites is 1. The summed E-state index contributed by atoms with van der Waals surface area (Å²) in [6.45, 7) is 6.02. The van der Waals surface area contributed by atoms with Crippen LogP contribution in [0.2, 0.25) is 0 Å². The number of rotatable bonds is 7. The Balaban J connectivity index is 1.33. The van der Waals surface area contributed by atoms with E-state index < -0.39 is 5.91 Å². The molecule has 2 unspecified atom stereocenters. The molecule has 0 saturated heterocycles. The van der Waals surface area contributed by atoms with Gasteiger partial charge in [0.05, 0.1) is 12.6 Å². The maximum Gasteiger partial charge on any atom is 0.273 e. The predicted molar refractivity (Wildman–Crippen MR) is 137 cm³/mol. The predicted octanol–water partition coefficient (Wildman–Crippen LogP) is 3.27. The molecule has 8 nitrogen and oxygen atoms in total. The van der Waals surface area contributed by atoms with Crippen molar-refractivity contribution in [2.24, 2.45) is 5.73 Å². The summed E-state index contributed by atoms with van der Waals surface area (Å²) in [6.07, 6.45) is 0.624. The van der Waals surface area contributed by atoms with Crippen LogP contribution in [-0.2, 0) is 17.8 Å². The highest BCUT2D eigenvalue weighted by molar-refractivity contribution is 7.13. The fourth-order valence-corrected chi connectivity index (χ4v) is 5.46. The summed E-state index contributed by atoms with van der Waals surface area (Å²) < 4.78 is 6.08. The number of carbonyl (C=O) groups excluding carboxylic acids is 3. The van der Waals surface area contributed by atoms with E-state index >= 15 is 0 Å². The standard InChI is InChI=1S/C27H26N4O4S/c1-15(24(28)32)12-31-13-20-18(8-6-9-19(20)26(31)33)25-29-21(14-36-25)27(34)30(3)16(2)23-11-17-7-4-5-10-22(17)35-23/h4-10,14,16,23H,1,11-13H2,2-3H3,(H2,28,32). The first-order valence-corrected chi connectivity index (χ1v) is 12.5. The molecular formula is C27H26N4O4S. The van der Waals surface area contributed by atoms with Crippen molar-refractivity contribution in [2.75, 3.05) is 13.6 Å². The molecule has 2 aliphatic heterocycles. The first kappa shape index (κ1) is 23.7. The average molecular weight is 503 g/mol. The van der Waals surface area contributed by atoms with E-state index in [2.05, 4.69) is 11.6 Å². The van der Waals surface area contributed by atoms with E-state index in [0.717, 1.165) is 28.9 Å². The van der Waals surface area contributed by atoms with Crippen LogP contribution in [0.15, 0.2) is 60.0 Å². The Morgan fingerprint density at radius 2 is 2.00 bits per heavy atom. The highest BCUT2D eigenvalue weighted by Gasteiger charge is 2.34. The quantitative estimate of drug-likeness (QED) is 0.499. The summed E-state index contributed by atoms with van der Waals surface area (Å²) >= 11 is 1.36. The highest BCUT2D eigenvalue weighted by atomic mass is 32.1. The van der Waals surface area contributed by atoms with Crippen molar-refractivity contribution in [1.82, 2.24) is 14.8 Å². The van der Waals surface area contributed by atoms with Gasteiger partial charge in [-0.3, -0.25) is 14.4 Å². The third-order valence-electron chi connectivity index (χ3n) is 6.87. The summed E-state index contributed by atoms with van der Waals surface area (Å²) in [5, 5.41) is 2.40. The minimum absolute atomic E-state index is 0.0691. The Hall–Kier alpha value is -3.98. The second-order valence-electron chi connectivity index (χ2n) is 9.12. The maximum absolute atomic E-state index is 13.3. The van der Waals surface area contributed by atoms with E-state index in [1.165, 1.54) is 16.2 Å². The normalized spacial score (nSPS) is 16.8. The summed E-state index contributed by atoms with van der Waals surface area (Å²) in [6, 6.07) is 13.2. The zero-order chi connectivity index (χ0) is 25.6. The lowest BCUT2D eigenvalue weighted by Crippen LogP contribution is -2.44. The Morgan fingerprint density at radius 1 is 1.25 bits per heavy atom. The fraction of sp³-hybridized carbons (Fsp3) is 0.259. The topological polar surface area (TPSA) is 106 Å². The molecule has 3 amide bonds. The van der Waals surface area contributed by atoms with Crippen LogP contribution in [0.25, 0.3) is 10.6 Å². The Morgan fingerprint density at radius 3 is 2.75 bits per heavy atom. The molecule has 2 atom stereocenters. The Kier molecular flexibility index (Phi) is 6.09. The molecular weight excluding hydrogens is 476 g/mol. The van der Waals surface area contributed by atoms with Crippen molar-refractivity contribution in [2.45, 2.75) is 32.0 Å². The molecule has 2 N–H and O–H groups in total. The van der Waals surface area contributed by atoms with E-state index in [9.17, 15) is 14.4 Å². The number of hydrogen-bond acceptors (Lipinski definition) is 6. The number of thiazole rings is 1. The van der Waals surface area contributed by atoms with Crippen LogP contribution in [0.3, 0.4) is 0 Å². The van der Waals surface area contributed by atoms with Gasteiger partial charge in [-0.05, 0) is 30.2 Å². The number of aromatic nitrogens is 1. The molecule has 184 valence electrons. The zero-order valence-electron chi connectivity index (χ0n) is 20.1. The number of amides is 3. The van der Waals surface area contributed by atoms with E-state index in [1.54, 1.807) is 29.5 Å². The molecule has 3 aromatic rings. The van der Waals surface area contributed by atoms with Gasteiger partial charge in [-0.2, -0.15) is 0 Å². The van der Waals surface area contributed by atoms with Gasteiger partial charge in [0.1, 0.15) is 22.6 Å². The number of ether oxygens (including phenoxy) is 1. The molecule has 3 heterocycles. The van der Waals surface area contributed by atoms with Crippen molar-refractivity contribution in [3.05, 3.63) is 82.4 Å². The number of hydrogen-bond donors (Lipinski definition) is 1. The second-order valence-corrected chi connectivity index (χ2v) is 9.98. The maximum atomic E-state index is 13.3. The van der Waals surface area contributed by atoms with Crippen LogP contribution in [0.1, 0.15) is 38.9 Å². The Bertz CT molecular complexity index is 1370. The minimum atomic E-state index is -0.632. The highest BCUT2D eigenvalue weighted by Crippen LogP contribution is 2.35. The van der Waals surface area contributed by atoms with Crippen LogP contribution in [-0.4, -0.2) is 58.2 Å². The van der Waals surface area contributed by atoms with Crippen molar-refractivity contribution in [3.63, 3.8) is 0 Å². The summed E-state index contributed by atoms with van der Waals surface area (Å²) in [4.78, 5) is 45.4. The molecule has 2 aromatic carbocycles. The first-order chi connectivity index (χ1) is 17.2. The largest absolute Gasteiger partial charge is 0.488 e. The van der Waals surface area contributed by atoms with Gasteiger partial charge in [-0.15, -0.1) is 11.3 Å². The van der Waals surface area contributed by atoms with Crippen molar-refractivity contribution in [1.29, 1.82) is 0 Å². The van der Waals surface area contributed by atoms with E-state index in [-0.39, 0.29) is 36.1 Å². The fourth-order valence-electron chi connectivity index (χ4n) is 4.62. The third-order valence-corrected chi connectivity index (χ3v) is 7.74. The number of benzene rings is 2. The lowest BCUT2D eigenvalue weighted by atomic mass is 10.0. The van der Waals surface area contributed by atoms with Crippen molar-refractivity contribution < 1.29 is 19.1 Å². The van der Waals surface area contributed by atoms with Gasteiger partial charge in [-0.1, -0.05) is 36.9 Å². The lowest BCUT2D eigenvalue weighted by molar-refractivity contribution is -0.114. The van der Waals surface area contributed by atoms with E-state index in [1.807, 2.05) is 37.3 Å². The zero-order valence-corrected chi connectivity index (χ0v) is 20.9. The minimum Gasteiger partial charge on any atom is -0.488 e. The summed E-state index contributed by atoms with van der Waals surface area (Å²) in [7, 11) is 1.76. The number of nitrogens with two attached hydrogens (primary N) is 1. The van der Waals surface area contributed by atoms with E-state index in [4.69, 9.17) is 10.5 Å². The molecule has 0 bridgehead atoms. The number of likely N-dealkylation sites (N-methyl/N-ethyl adjacent to an activating group) is 1. The lowest BCUT2D eigenvalue weighted by Gasteiger charge is -2.28. The monoisotopic (exact) mass is 502 g/mol. The van der Waals surface area contributed by atoms with Gasteiger partial charge in [0.2, 0.25) is 5.91 Å². The number of primary amides is 1. The van der Waals surface area contributed by atoms with Crippen molar-refractivity contribution in [3.8, 4) is 16.3 Å². The van der Waals surface area contributed by atoms with Crippen LogP contribution < -0.4 is 10.5 Å². The average Bonchev–Trinajstić information content (AvgIpc) is 3.60. The molecule has 5 rings (SSSR count). The second kappa shape index (κ2) is 9.23. The molecule has 1 aromatic heterocycles. The van der Waals surface area contributed by atoms with Crippen LogP contribution >= 0.6 is 11.3 Å². The molecule has 0 radical (unpaired) electrons. The molecule has 2 aliphatic rings. The number of nitrogens with zero attached hydrogens (tertiary/aromatic N) is 3.